The monoisotopic (exact) mass is 197 g/mol. The Morgan fingerprint density at radius 1 is 1.54 bits per heavy atom. The molecule has 1 saturated heterocycles. The highest BCUT2D eigenvalue weighted by molar-refractivity contribution is 7.86. The van der Waals surface area contributed by atoms with Gasteiger partial charge in [-0.1, -0.05) is 0 Å². The number of hydrogen-bond acceptors (Lipinski definition) is 4. The van der Waals surface area contributed by atoms with Crippen LogP contribution in [-0.4, -0.2) is 25.8 Å². The molecule has 1 aromatic heterocycles. The van der Waals surface area contributed by atoms with Gasteiger partial charge in [-0.3, -0.25) is 19.0 Å². The molecule has 0 radical (unpaired) electrons. The molecule has 2 heterocycles. The largest absolute Gasteiger partial charge is 0.336 e. The third kappa shape index (κ3) is 1.57. The summed E-state index contributed by atoms with van der Waals surface area (Å²) in [6, 6.07) is 0. The van der Waals surface area contributed by atoms with Gasteiger partial charge in [-0.25, -0.2) is 0 Å². The zero-order valence-corrected chi connectivity index (χ0v) is 7.45. The Kier molecular flexibility index (Phi) is 2.05. The number of rotatable bonds is 1. The zero-order valence-electron chi connectivity index (χ0n) is 6.64. The van der Waals surface area contributed by atoms with Crippen LogP contribution in [0.15, 0.2) is 18.6 Å². The third-order valence-electron chi connectivity index (χ3n) is 1.68. The third-order valence-corrected chi connectivity index (χ3v) is 3.11. The van der Waals surface area contributed by atoms with Gasteiger partial charge in [-0.05, 0) is 0 Å². The van der Waals surface area contributed by atoms with Crippen molar-refractivity contribution in [2.24, 2.45) is 0 Å². The molecule has 0 aromatic carbocycles. The number of aromatic nitrogens is 2. The summed E-state index contributed by atoms with van der Waals surface area (Å²) < 4.78 is 11.3. The van der Waals surface area contributed by atoms with Crippen molar-refractivity contribution in [3.05, 3.63) is 24.3 Å². The Labute approximate surface area is 77.0 Å². The first kappa shape index (κ1) is 8.31. The standard InChI is InChI=1S/C7H7N3O2S/c11-6-4-13(12)7(10-6)5-3-8-1-2-9-5/h1-3,7H,4H2,(H,10,11). The normalized spacial score (nSPS) is 27.2. The molecule has 0 spiro atoms. The van der Waals surface area contributed by atoms with Crippen LogP contribution in [0, 0.1) is 0 Å². The fraction of sp³-hybridized carbons (Fsp3) is 0.286. The van der Waals surface area contributed by atoms with Gasteiger partial charge < -0.3 is 5.32 Å². The minimum Gasteiger partial charge on any atom is -0.336 e. The highest BCUT2D eigenvalue weighted by Gasteiger charge is 2.30. The van der Waals surface area contributed by atoms with E-state index in [1.54, 1.807) is 0 Å². The van der Waals surface area contributed by atoms with Crippen LogP contribution in [0.3, 0.4) is 0 Å². The van der Waals surface area contributed by atoms with Gasteiger partial charge in [-0.2, -0.15) is 0 Å². The SMILES string of the molecule is O=C1CS(=O)C(c2cnccn2)N1. The van der Waals surface area contributed by atoms with Crippen molar-refractivity contribution in [3.63, 3.8) is 0 Å². The van der Waals surface area contributed by atoms with Gasteiger partial charge in [0.25, 0.3) is 0 Å². The molecule has 6 heteroatoms. The van der Waals surface area contributed by atoms with Crippen molar-refractivity contribution < 1.29 is 9.00 Å². The predicted octanol–water partition coefficient (Wildman–Crippen LogP) is -0.646. The second-order valence-corrected chi connectivity index (χ2v) is 4.12. The molecule has 1 aromatic rings. The van der Waals surface area contributed by atoms with Crippen molar-refractivity contribution in [1.82, 2.24) is 15.3 Å². The molecule has 0 bridgehead atoms. The molecule has 68 valence electrons. The highest BCUT2D eigenvalue weighted by atomic mass is 32.2. The summed E-state index contributed by atoms with van der Waals surface area (Å²) in [4.78, 5) is 18.7. The van der Waals surface area contributed by atoms with Gasteiger partial charge in [0.05, 0.1) is 22.7 Å². The van der Waals surface area contributed by atoms with Crippen LogP contribution >= 0.6 is 0 Å². The summed E-state index contributed by atoms with van der Waals surface area (Å²) in [5.74, 6) is -0.143. The molecule has 5 nitrogen and oxygen atoms in total. The molecule has 2 unspecified atom stereocenters. The molecule has 2 atom stereocenters. The van der Waals surface area contributed by atoms with E-state index in [2.05, 4.69) is 15.3 Å². The summed E-state index contributed by atoms with van der Waals surface area (Å²) >= 11 is 0. The van der Waals surface area contributed by atoms with E-state index in [0.29, 0.717) is 5.69 Å². The topological polar surface area (TPSA) is 72.0 Å². The van der Waals surface area contributed by atoms with Crippen molar-refractivity contribution in [3.8, 4) is 0 Å². The van der Waals surface area contributed by atoms with Gasteiger partial charge in [-0.15, -0.1) is 0 Å². The quantitative estimate of drug-likeness (QED) is 0.649. The summed E-state index contributed by atoms with van der Waals surface area (Å²) in [6.07, 6.45) is 4.55. The second-order valence-electron chi connectivity index (χ2n) is 2.60. The lowest BCUT2D eigenvalue weighted by atomic mass is 10.4. The minimum atomic E-state index is -1.20. The van der Waals surface area contributed by atoms with Crippen LogP contribution in [-0.2, 0) is 15.6 Å². The number of hydrogen-bond donors (Lipinski definition) is 1. The van der Waals surface area contributed by atoms with E-state index in [1.165, 1.54) is 18.6 Å². The van der Waals surface area contributed by atoms with E-state index in [-0.39, 0.29) is 11.7 Å². The first-order chi connectivity index (χ1) is 6.27. The summed E-state index contributed by atoms with van der Waals surface area (Å²) in [7, 11) is -1.20. The van der Waals surface area contributed by atoms with E-state index in [1.807, 2.05) is 0 Å². The van der Waals surface area contributed by atoms with Crippen molar-refractivity contribution in [1.29, 1.82) is 0 Å². The van der Waals surface area contributed by atoms with Crippen LogP contribution in [0.5, 0.6) is 0 Å². The Balaban J connectivity index is 2.28. The first-order valence-corrected chi connectivity index (χ1v) is 5.08. The Morgan fingerprint density at radius 3 is 2.92 bits per heavy atom. The second kappa shape index (κ2) is 3.21. The zero-order chi connectivity index (χ0) is 9.26. The number of nitrogens with zero attached hydrogens (tertiary/aromatic N) is 2. The molecule has 13 heavy (non-hydrogen) atoms. The molecular formula is C7H7N3O2S. The molecule has 0 aliphatic carbocycles. The maximum absolute atomic E-state index is 11.3. The van der Waals surface area contributed by atoms with Gasteiger partial charge in [0, 0.05) is 12.4 Å². The summed E-state index contributed by atoms with van der Waals surface area (Å²) in [6.45, 7) is 0. The molecule has 2 rings (SSSR count). The summed E-state index contributed by atoms with van der Waals surface area (Å²) in [5, 5.41) is 2.09. The van der Waals surface area contributed by atoms with E-state index >= 15 is 0 Å². The molecule has 1 fully saturated rings. The number of carbonyl (C=O) groups excluding carboxylic acids is 1. The Morgan fingerprint density at radius 2 is 2.38 bits per heavy atom. The molecule has 1 N–H and O–H groups in total. The predicted molar refractivity (Wildman–Crippen MR) is 45.9 cm³/mol. The van der Waals surface area contributed by atoms with Gasteiger partial charge >= 0.3 is 0 Å². The lowest BCUT2D eigenvalue weighted by Crippen LogP contribution is -2.20. The van der Waals surface area contributed by atoms with Crippen molar-refractivity contribution >= 4 is 16.7 Å². The summed E-state index contributed by atoms with van der Waals surface area (Å²) in [5.41, 5.74) is 0.548. The van der Waals surface area contributed by atoms with Gasteiger partial charge in [0.2, 0.25) is 5.91 Å². The first-order valence-electron chi connectivity index (χ1n) is 3.70. The number of carbonyl (C=O) groups is 1. The number of nitrogens with one attached hydrogen (secondary N) is 1. The van der Waals surface area contributed by atoms with Crippen molar-refractivity contribution in [2.75, 3.05) is 5.75 Å². The fourth-order valence-electron chi connectivity index (χ4n) is 1.12. The molecule has 0 saturated carbocycles. The molecular weight excluding hydrogens is 190 g/mol. The molecule has 1 aliphatic rings. The Bertz CT molecular complexity index is 354. The number of amides is 1. The smallest absolute Gasteiger partial charge is 0.233 e. The van der Waals surface area contributed by atoms with Crippen LogP contribution < -0.4 is 5.32 Å². The highest BCUT2D eigenvalue weighted by Crippen LogP contribution is 2.17. The van der Waals surface area contributed by atoms with E-state index in [4.69, 9.17) is 0 Å². The van der Waals surface area contributed by atoms with E-state index in [0.717, 1.165) is 0 Å². The van der Waals surface area contributed by atoms with Crippen LogP contribution in [0.1, 0.15) is 11.1 Å². The fourth-order valence-corrected chi connectivity index (χ4v) is 2.28. The average Bonchev–Trinajstić information content (AvgIpc) is 2.47. The van der Waals surface area contributed by atoms with Crippen LogP contribution in [0.4, 0.5) is 0 Å². The van der Waals surface area contributed by atoms with Crippen LogP contribution in [0.25, 0.3) is 0 Å². The maximum Gasteiger partial charge on any atom is 0.233 e. The maximum atomic E-state index is 11.3. The minimum absolute atomic E-state index is 0.0568. The average molecular weight is 197 g/mol. The van der Waals surface area contributed by atoms with Gasteiger partial charge in [0.1, 0.15) is 11.1 Å². The van der Waals surface area contributed by atoms with Gasteiger partial charge in [0.15, 0.2) is 0 Å². The lowest BCUT2D eigenvalue weighted by molar-refractivity contribution is -0.118. The molecule has 1 aliphatic heterocycles. The van der Waals surface area contributed by atoms with Crippen molar-refractivity contribution in [2.45, 2.75) is 5.37 Å². The van der Waals surface area contributed by atoms with Crippen LogP contribution in [0.2, 0.25) is 0 Å². The lowest BCUT2D eigenvalue weighted by Gasteiger charge is -2.05. The van der Waals surface area contributed by atoms with E-state index < -0.39 is 16.2 Å². The molecule has 1 amide bonds. The van der Waals surface area contributed by atoms with E-state index in [9.17, 15) is 9.00 Å². The Hall–Kier alpha value is -1.30.